The molecule has 0 atom stereocenters. The third kappa shape index (κ3) is 5.03. The van der Waals surface area contributed by atoms with Crippen molar-refractivity contribution in [3.05, 3.63) is 36.0 Å². The molecule has 24 heavy (non-hydrogen) atoms. The van der Waals surface area contributed by atoms with Crippen molar-refractivity contribution in [3.8, 4) is 0 Å². The summed E-state index contributed by atoms with van der Waals surface area (Å²) in [6, 6.07) is 9.00. The Labute approximate surface area is 143 Å². The summed E-state index contributed by atoms with van der Waals surface area (Å²) in [6.45, 7) is 6.43. The molecule has 0 saturated carbocycles. The molecule has 1 aromatic carbocycles. The van der Waals surface area contributed by atoms with Gasteiger partial charge in [0.25, 0.3) is 0 Å². The minimum Gasteiger partial charge on any atom is -0.464 e. The van der Waals surface area contributed by atoms with E-state index in [2.05, 4.69) is 34.1 Å². The van der Waals surface area contributed by atoms with Gasteiger partial charge in [0.1, 0.15) is 5.69 Å². The van der Waals surface area contributed by atoms with E-state index in [1.807, 2.05) is 0 Å². The number of nitrogens with one attached hydrogen (secondary N) is 1. The molecule has 0 radical (unpaired) electrons. The van der Waals surface area contributed by atoms with Gasteiger partial charge in [-0.1, -0.05) is 25.7 Å². The van der Waals surface area contributed by atoms with Crippen LogP contribution in [-0.2, 0) is 14.8 Å². The first-order valence-corrected chi connectivity index (χ1v) is 13.0. The first-order chi connectivity index (χ1) is 11.1. The van der Waals surface area contributed by atoms with Crippen LogP contribution in [0.1, 0.15) is 10.5 Å². The number of anilines is 1. The molecule has 0 spiro atoms. The highest BCUT2D eigenvalue weighted by Crippen LogP contribution is 2.20. The van der Waals surface area contributed by atoms with Crippen molar-refractivity contribution in [2.24, 2.45) is 0 Å². The number of esters is 1. The van der Waals surface area contributed by atoms with Crippen LogP contribution in [0, 0.1) is 0 Å². The lowest BCUT2D eigenvalue weighted by Gasteiger charge is -2.16. The molecule has 1 aromatic heterocycles. The van der Waals surface area contributed by atoms with Gasteiger partial charge in [0, 0.05) is 19.1 Å². The zero-order valence-corrected chi connectivity index (χ0v) is 16.1. The number of fused-ring (bicyclic) bond motifs is 1. The number of pyridine rings is 1. The van der Waals surface area contributed by atoms with Gasteiger partial charge in [-0.05, 0) is 30.3 Å². The number of aromatic nitrogens is 1. The lowest BCUT2D eigenvalue weighted by Crippen LogP contribution is -2.26. The smallest absolute Gasteiger partial charge is 0.356 e. The molecule has 1 heterocycles. The maximum absolute atomic E-state index is 12.2. The number of carbonyl (C=O) groups excluding carboxylic acids is 1. The van der Waals surface area contributed by atoms with Crippen molar-refractivity contribution >= 4 is 40.7 Å². The molecule has 2 rings (SSSR count). The normalized spacial score (nSPS) is 12.2. The first kappa shape index (κ1) is 18.4. The monoisotopic (exact) mass is 366 g/mol. The molecule has 6 nitrogen and oxygen atoms in total. The molecular weight excluding hydrogens is 344 g/mol. The molecule has 2 aromatic rings. The average Bonchev–Trinajstić information content (AvgIpc) is 2.51. The van der Waals surface area contributed by atoms with Crippen molar-refractivity contribution in [2.45, 2.75) is 25.7 Å². The molecular formula is C16H22N2O4SSi. The second-order valence-corrected chi connectivity index (χ2v) is 14.3. The second kappa shape index (κ2) is 6.90. The minimum atomic E-state index is -3.37. The molecule has 130 valence electrons. The van der Waals surface area contributed by atoms with Crippen LogP contribution in [0.4, 0.5) is 5.69 Å². The number of hydrogen-bond acceptors (Lipinski definition) is 5. The number of hydrogen-bond donors (Lipinski definition) is 1. The van der Waals surface area contributed by atoms with Crippen molar-refractivity contribution < 1.29 is 17.9 Å². The van der Waals surface area contributed by atoms with Gasteiger partial charge in [-0.15, -0.1) is 0 Å². The Bertz CT molecular complexity index is 860. The van der Waals surface area contributed by atoms with Gasteiger partial charge < -0.3 is 4.74 Å². The van der Waals surface area contributed by atoms with E-state index in [1.54, 1.807) is 30.3 Å². The Balaban J connectivity index is 2.20. The van der Waals surface area contributed by atoms with Crippen LogP contribution in [0.5, 0.6) is 0 Å². The predicted molar refractivity (Wildman–Crippen MR) is 98.6 cm³/mol. The highest BCUT2D eigenvalue weighted by molar-refractivity contribution is 7.92. The Morgan fingerprint density at radius 3 is 2.54 bits per heavy atom. The van der Waals surface area contributed by atoms with E-state index in [9.17, 15) is 13.2 Å². The lowest BCUT2D eigenvalue weighted by molar-refractivity contribution is 0.0594. The Morgan fingerprint density at radius 2 is 1.92 bits per heavy atom. The molecule has 0 bridgehead atoms. The topological polar surface area (TPSA) is 85.4 Å². The summed E-state index contributed by atoms with van der Waals surface area (Å²) in [4.78, 5) is 15.7. The fourth-order valence-electron chi connectivity index (χ4n) is 2.08. The molecule has 8 heteroatoms. The van der Waals surface area contributed by atoms with E-state index in [4.69, 9.17) is 0 Å². The van der Waals surface area contributed by atoms with Crippen molar-refractivity contribution in [1.82, 2.24) is 4.98 Å². The number of sulfonamides is 1. The first-order valence-electron chi connectivity index (χ1n) is 7.59. The van der Waals surface area contributed by atoms with E-state index in [0.29, 0.717) is 17.2 Å². The van der Waals surface area contributed by atoms with Crippen molar-refractivity contribution in [3.63, 3.8) is 0 Å². The average molecular weight is 367 g/mol. The summed E-state index contributed by atoms with van der Waals surface area (Å²) in [6.07, 6.45) is 0. The number of ether oxygens (including phenoxy) is 1. The highest BCUT2D eigenvalue weighted by Gasteiger charge is 2.19. The molecule has 0 amide bonds. The Kier molecular flexibility index (Phi) is 5.29. The van der Waals surface area contributed by atoms with Gasteiger partial charge in [0.15, 0.2) is 0 Å². The standard InChI is InChI=1S/C16H22N2O4SSi/c1-22-16(19)15-7-5-12-11-13(6-8-14(12)17-15)18-23(20,21)9-10-24(2,3)4/h5-8,11,18H,9-10H2,1-4H3. The van der Waals surface area contributed by atoms with E-state index >= 15 is 0 Å². The Morgan fingerprint density at radius 1 is 1.21 bits per heavy atom. The van der Waals surface area contributed by atoms with Crippen LogP contribution in [0.25, 0.3) is 10.9 Å². The predicted octanol–water partition coefficient (Wildman–Crippen LogP) is 3.10. The molecule has 0 saturated heterocycles. The highest BCUT2D eigenvalue weighted by atomic mass is 32.2. The third-order valence-corrected chi connectivity index (χ3v) is 6.88. The lowest BCUT2D eigenvalue weighted by atomic mass is 10.2. The summed E-state index contributed by atoms with van der Waals surface area (Å²) < 4.78 is 31.6. The number of rotatable bonds is 6. The zero-order valence-electron chi connectivity index (χ0n) is 14.3. The van der Waals surface area contributed by atoms with Crippen LogP contribution >= 0.6 is 0 Å². The summed E-state index contributed by atoms with van der Waals surface area (Å²) in [5.74, 6) is -0.381. The number of benzene rings is 1. The largest absolute Gasteiger partial charge is 0.464 e. The number of methoxy groups -OCH3 is 1. The molecule has 0 unspecified atom stereocenters. The van der Waals surface area contributed by atoms with Crippen LogP contribution in [0.15, 0.2) is 30.3 Å². The minimum absolute atomic E-state index is 0.125. The van der Waals surface area contributed by atoms with Crippen LogP contribution in [-0.4, -0.2) is 40.3 Å². The van der Waals surface area contributed by atoms with Crippen LogP contribution in [0.2, 0.25) is 25.7 Å². The quantitative estimate of drug-likeness (QED) is 0.627. The van der Waals surface area contributed by atoms with Crippen molar-refractivity contribution in [2.75, 3.05) is 17.6 Å². The molecule has 0 aliphatic heterocycles. The van der Waals surface area contributed by atoms with Crippen LogP contribution < -0.4 is 4.72 Å². The third-order valence-electron chi connectivity index (χ3n) is 3.48. The van der Waals surface area contributed by atoms with E-state index < -0.39 is 24.1 Å². The van der Waals surface area contributed by atoms with Crippen LogP contribution in [0.3, 0.4) is 0 Å². The number of carbonyl (C=O) groups is 1. The molecule has 0 fully saturated rings. The van der Waals surface area contributed by atoms with E-state index in [0.717, 1.165) is 5.39 Å². The number of nitrogens with zero attached hydrogens (tertiary/aromatic N) is 1. The molecule has 0 aliphatic rings. The van der Waals surface area contributed by atoms with Gasteiger partial charge in [-0.25, -0.2) is 18.2 Å². The van der Waals surface area contributed by atoms with Gasteiger partial charge in [0.2, 0.25) is 10.0 Å². The fourth-order valence-corrected chi connectivity index (χ4v) is 6.19. The van der Waals surface area contributed by atoms with Gasteiger partial charge in [-0.3, -0.25) is 4.72 Å². The summed E-state index contributed by atoms with van der Waals surface area (Å²) >= 11 is 0. The van der Waals surface area contributed by atoms with Crippen molar-refractivity contribution in [1.29, 1.82) is 0 Å². The second-order valence-electron chi connectivity index (χ2n) is 6.83. The SMILES string of the molecule is COC(=O)c1ccc2cc(NS(=O)(=O)CC[Si](C)(C)C)ccc2n1. The summed E-state index contributed by atoms with van der Waals surface area (Å²) in [5, 5.41) is 0.744. The molecule has 1 N–H and O–H groups in total. The van der Waals surface area contributed by atoms with Gasteiger partial charge in [0.05, 0.1) is 18.4 Å². The van der Waals surface area contributed by atoms with E-state index in [-0.39, 0.29) is 11.4 Å². The maximum atomic E-state index is 12.2. The summed E-state index contributed by atoms with van der Waals surface area (Å²) in [5.41, 5.74) is 1.31. The fraction of sp³-hybridized carbons (Fsp3) is 0.375. The molecule has 0 aliphatic carbocycles. The van der Waals surface area contributed by atoms with E-state index in [1.165, 1.54) is 7.11 Å². The maximum Gasteiger partial charge on any atom is 0.356 e. The summed E-state index contributed by atoms with van der Waals surface area (Å²) in [7, 11) is -3.50. The zero-order chi connectivity index (χ0) is 18.0. The van der Waals surface area contributed by atoms with Gasteiger partial charge in [-0.2, -0.15) is 0 Å². The van der Waals surface area contributed by atoms with Gasteiger partial charge >= 0.3 is 5.97 Å². The Hall–Kier alpha value is -1.93.